The minimum Gasteiger partial charge on any atom is -0.692 e. The van der Waals surface area contributed by atoms with Gasteiger partial charge in [-0.25, -0.2) is 0 Å². The summed E-state index contributed by atoms with van der Waals surface area (Å²) in [6, 6.07) is 6.53. The van der Waals surface area contributed by atoms with Crippen LogP contribution in [0.4, 0.5) is 0 Å². The van der Waals surface area contributed by atoms with Crippen LogP contribution in [0.5, 0.6) is 5.88 Å². The molecule has 6 heteroatoms. The minimum atomic E-state index is -0.324. The Labute approximate surface area is 84.3 Å². The molecule has 0 aliphatic heterocycles. The number of benzene rings is 1. The molecule has 0 aliphatic carbocycles. The van der Waals surface area contributed by atoms with Gasteiger partial charge in [0.1, 0.15) is 5.69 Å². The Bertz CT molecular complexity index is 452. The Balaban J connectivity index is 2.49. The molecular formula is C8H6ClN3O2. The van der Waals surface area contributed by atoms with E-state index in [-0.39, 0.29) is 5.88 Å². The molecule has 1 aromatic heterocycles. The van der Waals surface area contributed by atoms with Gasteiger partial charge in [0.25, 0.3) is 0 Å². The number of rotatable bonds is 1. The minimum absolute atomic E-state index is 0.324. The summed E-state index contributed by atoms with van der Waals surface area (Å²) in [7, 11) is 0. The van der Waals surface area contributed by atoms with Crippen LogP contribution in [-0.4, -0.2) is 15.0 Å². The highest BCUT2D eigenvalue weighted by Gasteiger charge is 2.11. The van der Waals surface area contributed by atoms with Crippen LogP contribution < -0.4 is 4.85 Å². The maximum Gasteiger partial charge on any atom is 0.393 e. The van der Waals surface area contributed by atoms with E-state index in [1.54, 1.807) is 24.3 Å². The van der Waals surface area contributed by atoms with Crippen molar-refractivity contribution in [3.05, 3.63) is 40.7 Å². The lowest BCUT2D eigenvalue weighted by atomic mass is 10.3. The van der Waals surface area contributed by atoms with Gasteiger partial charge in [-0.15, -0.1) is 4.85 Å². The molecule has 5 nitrogen and oxygen atoms in total. The molecule has 0 saturated heterocycles. The lowest BCUT2D eigenvalue weighted by Gasteiger charge is -2.01. The zero-order chi connectivity index (χ0) is 10.1. The third-order valence-corrected chi connectivity index (χ3v) is 1.92. The fourth-order valence-electron chi connectivity index (χ4n) is 1.07. The van der Waals surface area contributed by atoms with Crippen LogP contribution in [0, 0.1) is 5.21 Å². The third kappa shape index (κ3) is 1.49. The first-order valence-electron chi connectivity index (χ1n) is 3.81. The third-order valence-electron chi connectivity index (χ3n) is 1.67. The number of aromatic nitrogens is 3. The number of nitrogens with zero attached hydrogens (tertiary/aromatic N) is 3. The van der Waals surface area contributed by atoms with Crippen LogP contribution in [0.2, 0.25) is 5.02 Å². The molecule has 72 valence electrons. The van der Waals surface area contributed by atoms with Crippen LogP contribution in [0.1, 0.15) is 0 Å². The van der Waals surface area contributed by atoms with Crippen LogP contribution in [0.15, 0.2) is 30.5 Å². The van der Waals surface area contributed by atoms with Crippen molar-refractivity contribution in [1.29, 1.82) is 0 Å². The molecule has 1 N–H and O–H groups in total. The predicted octanol–water partition coefficient (Wildman–Crippen LogP) is 0.865. The van der Waals surface area contributed by atoms with Gasteiger partial charge in [-0.05, 0) is 29.1 Å². The van der Waals surface area contributed by atoms with Crippen molar-refractivity contribution in [2.24, 2.45) is 0 Å². The van der Waals surface area contributed by atoms with Gasteiger partial charge in [-0.1, -0.05) is 11.6 Å². The van der Waals surface area contributed by atoms with E-state index in [1.807, 2.05) is 0 Å². The number of hydrogen-bond donors (Lipinski definition) is 1. The van der Waals surface area contributed by atoms with Gasteiger partial charge in [0.2, 0.25) is 6.20 Å². The number of hydrogen-bond acceptors (Lipinski definition) is 3. The van der Waals surface area contributed by atoms with Crippen LogP contribution >= 0.6 is 11.6 Å². The molecule has 0 bridgehead atoms. The van der Waals surface area contributed by atoms with Crippen molar-refractivity contribution in [3.63, 3.8) is 0 Å². The maximum atomic E-state index is 11.1. The molecule has 0 unspecified atom stereocenters. The van der Waals surface area contributed by atoms with Crippen molar-refractivity contribution in [2.45, 2.75) is 0 Å². The smallest absolute Gasteiger partial charge is 0.393 e. The lowest BCUT2D eigenvalue weighted by Crippen LogP contribution is -2.36. The molecule has 0 spiro atoms. The first-order valence-corrected chi connectivity index (χ1v) is 4.19. The number of aromatic hydroxyl groups is 1. The summed E-state index contributed by atoms with van der Waals surface area (Å²) in [5, 5.41) is 24.3. The molecule has 0 atom stereocenters. The van der Waals surface area contributed by atoms with Gasteiger partial charge in [0.15, 0.2) is 0 Å². The predicted molar refractivity (Wildman–Crippen MR) is 49.2 cm³/mol. The summed E-state index contributed by atoms with van der Waals surface area (Å²) >= 11 is 5.68. The van der Waals surface area contributed by atoms with Gasteiger partial charge in [0.05, 0.1) is 5.10 Å². The molecule has 2 aromatic rings. The summed E-state index contributed by atoms with van der Waals surface area (Å²) in [5.41, 5.74) is 0.532. The Kier molecular flexibility index (Phi) is 2.01. The van der Waals surface area contributed by atoms with Crippen molar-refractivity contribution >= 4 is 11.6 Å². The Hall–Kier alpha value is -1.75. The molecule has 0 aliphatic rings. The van der Waals surface area contributed by atoms with Crippen molar-refractivity contribution in [3.8, 4) is 11.6 Å². The topological polar surface area (TPSA) is 65.0 Å². The fraction of sp³-hybridized carbons (Fsp3) is 0. The standard InChI is InChI=1S/C8H6ClN3O2/c9-6-1-3-7(4-2-6)12-10-8(13)5-11(12)14/h1-5H,(H,10,13). The van der Waals surface area contributed by atoms with Gasteiger partial charge in [-0.3, -0.25) is 0 Å². The van der Waals surface area contributed by atoms with E-state index in [0.29, 0.717) is 15.6 Å². The average Bonchev–Trinajstić information content (AvgIpc) is 2.47. The summed E-state index contributed by atoms with van der Waals surface area (Å²) in [6.45, 7) is 0. The van der Waals surface area contributed by atoms with E-state index in [9.17, 15) is 5.21 Å². The molecule has 0 saturated carbocycles. The van der Waals surface area contributed by atoms with Crippen LogP contribution in [0.3, 0.4) is 0 Å². The second kappa shape index (κ2) is 3.19. The zero-order valence-corrected chi connectivity index (χ0v) is 7.72. The maximum absolute atomic E-state index is 11.1. The van der Waals surface area contributed by atoms with Crippen LogP contribution in [-0.2, 0) is 0 Å². The molecule has 0 fully saturated rings. The van der Waals surface area contributed by atoms with Gasteiger partial charge in [0, 0.05) is 5.02 Å². The average molecular weight is 212 g/mol. The first kappa shape index (κ1) is 8.83. The summed E-state index contributed by atoms with van der Waals surface area (Å²) < 4.78 is 0. The second-order valence-corrected chi connectivity index (χ2v) is 3.09. The van der Waals surface area contributed by atoms with Crippen molar-refractivity contribution < 1.29 is 9.95 Å². The summed E-state index contributed by atoms with van der Waals surface area (Å²) in [6.07, 6.45) is 0.967. The first-order chi connectivity index (χ1) is 6.66. The largest absolute Gasteiger partial charge is 0.692 e. The molecule has 14 heavy (non-hydrogen) atoms. The van der Waals surface area contributed by atoms with Gasteiger partial charge >= 0.3 is 5.88 Å². The van der Waals surface area contributed by atoms with E-state index in [2.05, 4.69) is 5.10 Å². The van der Waals surface area contributed by atoms with Crippen LogP contribution in [0.25, 0.3) is 5.69 Å². The Morgan fingerprint density at radius 3 is 2.50 bits per heavy atom. The van der Waals surface area contributed by atoms with E-state index >= 15 is 0 Å². The van der Waals surface area contributed by atoms with E-state index in [4.69, 9.17) is 16.7 Å². The molecule has 2 rings (SSSR count). The number of halogens is 1. The van der Waals surface area contributed by atoms with E-state index in [1.165, 1.54) is 0 Å². The highest BCUT2D eigenvalue weighted by molar-refractivity contribution is 6.30. The summed E-state index contributed by atoms with van der Waals surface area (Å²) in [5.74, 6) is -0.324. The normalized spacial score (nSPS) is 10.4. The van der Waals surface area contributed by atoms with Gasteiger partial charge < -0.3 is 10.3 Å². The van der Waals surface area contributed by atoms with E-state index < -0.39 is 0 Å². The van der Waals surface area contributed by atoms with Crippen molar-refractivity contribution in [2.75, 3.05) is 0 Å². The second-order valence-electron chi connectivity index (χ2n) is 2.66. The Morgan fingerprint density at radius 2 is 2.00 bits per heavy atom. The highest BCUT2D eigenvalue weighted by Crippen LogP contribution is 2.12. The zero-order valence-electron chi connectivity index (χ0n) is 6.96. The molecule has 0 amide bonds. The fourth-order valence-corrected chi connectivity index (χ4v) is 1.19. The van der Waals surface area contributed by atoms with Crippen molar-refractivity contribution in [1.82, 2.24) is 9.90 Å². The monoisotopic (exact) mass is 211 g/mol. The SMILES string of the molecule is [O-][n+]1cc(O)nn1-c1ccc(Cl)cc1. The molecule has 1 aromatic carbocycles. The Morgan fingerprint density at radius 1 is 1.36 bits per heavy atom. The quantitative estimate of drug-likeness (QED) is 0.562. The molecular weight excluding hydrogens is 206 g/mol. The molecule has 1 heterocycles. The summed E-state index contributed by atoms with van der Waals surface area (Å²) in [4.78, 5) is 1.45. The lowest BCUT2D eigenvalue weighted by molar-refractivity contribution is -0.688. The van der Waals surface area contributed by atoms with Gasteiger partial charge in [-0.2, -0.15) is 0 Å². The molecule has 0 radical (unpaired) electrons. The van der Waals surface area contributed by atoms with E-state index in [0.717, 1.165) is 11.0 Å². The highest BCUT2D eigenvalue weighted by atomic mass is 35.5.